The van der Waals surface area contributed by atoms with E-state index in [9.17, 15) is 12.9 Å². The number of hydrogen-bond acceptors (Lipinski definition) is 1. The van der Waals surface area contributed by atoms with Gasteiger partial charge in [0.25, 0.3) is 0 Å². The molecule has 0 saturated heterocycles. The van der Waals surface area contributed by atoms with Gasteiger partial charge in [-0.15, -0.1) is 0 Å². The third kappa shape index (κ3) is 9.99. The molecule has 0 heterocycles. The minimum atomic E-state index is -4.69. The van der Waals surface area contributed by atoms with E-state index in [1.54, 1.807) is 13.8 Å². The molecule has 0 fully saturated rings. The molecule has 0 rings (SSSR count). The van der Waals surface area contributed by atoms with Crippen molar-refractivity contribution in [1.82, 2.24) is 4.90 Å². The summed E-state index contributed by atoms with van der Waals surface area (Å²) in [4.78, 5) is 1.48. The van der Waals surface area contributed by atoms with Crippen molar-refractivity contribution in [2.24, 2.45) is 5.92 Å². The maximum atomic E-state index is 12.1. The van der Waals surface area contributed by atoms with Gasteiger partial charge in [-0.2, -0.15) is 0 Å². The molecule has 0 aliphatic rings. The summed E-state index contributed by atoms with van der Waals surface area (Å²) < 4.78 is 36.4. The molecule has 0 atom stereocenters. The zero-order valence-corrected chi connectivity index (χ0v) is 12.9. The predicted molar refractivity (Wildman–Crippen MR) is 50.6 cm³/mol. The zero-order chi connectivity index (χ0) is 10.6. The van der Waals surface area contributed by atoms with Crippen LogP contribution in [0.15, 0.2) is 0 Å². The number of nitrogens with zero attached hydrogens (tertiary/aromatic N) is 1. The van der Waals surface area contributed by atoms with Crippen LogP contribution >= 0.6 is 0 Å². The number of hydrogen-bond donors (Lipinski definition) is 0. The zero-order valence-electron chi connectivity index (χ0n) is 9.73. The molecular formula is C8H18BF3KN. The Morgan fingerprint density at radius 2 is 1.50 bits per heavy atom. The Bertz CT molecular complexity index is 150. The third-order valence-electron chi connectivity index (χ3n) is 1.77. The molecule has 0 bridgehead atoms. The van der Waals surface area contributed by atoms with E-state index in [2.05, 4.69) is 0 Å². The quantitative estimate of drug-likeness (QED) is 0.594. The fraction of sp³-hybridized carbons (Fsp3) is 1.00. The first-order valence-corrected chi connectivity index (χ1v) is 4.67. The van der Waals surface area contributed by atoms with Gasteiger partial charge >= 0.3 is 58.4 Å². The molecule has 1 nitrogen and oxygen atoms in total. The van der Waals surface area contributed by atoms with E-state index in [1.165, 1.54) is 4.90 Å². The first kappa shape index (κ1) is 17.8. The molecule has 0 aromatic carbocycles. The Morgan fingerprint density at radius 1 is 1.07 bits per heavy atom. The maximum absolute atomic E-state index is 12.1. The summed E-state index contributed by atoms with van der Waals surface area (Å²) in [5.74, 6) is 0.278. The van der Waals surface area contributed by atoms with Gasteiger partial charge in [-0.25, -0.2) is 0 Å². The first-order valence-electron chi connectivity index (χ1n) is 4.67. The first-order chi connectivity index (χ1) is 5.72. The summed E-state index contributed by atoms with van der Waals surface area (Å²) >= 11 is 0. The monoisotopic (exact) mass is 235 g/mol. The molecule has 0 N–H and O–H groups in total. The third-order valence-corrected chi connectivity index (χ3v) is 1.77. The van der Waals surface area contributed by atoms with Gasteiger partial charge in [-0.1, -0.05) is 13.8 Å². The van der Waals surface area contributed by atoms with Crippen LogP contribution in [0.25, 0.3) is 0 Å². The molecule has 0 aliphatic carbocycles. The molecule has 0 radical (unpaired) electrons. The van der Waals surface area contributed by atoms with Gasteiger partial charge in [0.1, 0.15) is 0 Å². The minimum absolute atomic E-state index is 0. The van der Waals surface area contributed by atoms with E-state index in [0.717, 1.165) is 0 Å². The second-order valence-corrected chi connectivity index (χ2v) is 4.15. The largest absolute Gasteiger partial charge is 1.00 e. The topological polar surface area (TPSA) is 3.24 Å². The summed E-state index contributed by atoms with van der Waals surface area (Å²) in [5, 5.41) is 0. The summed E-state index contributed by atoms with van der Waals surface area (Å²) in [6, 6.07) is -0.0362. The van der Waals surface area contributed by atoms with Gasteiger partial charge in [-0.3, -0.25) is 0 Å². The van der Waals surface area contributed by atoms with E-state index in [0.29, 0.717) is 6.54 Å². The van der Waals surface area contributed by atoms with Crippen molar-refractivity contribution in [3.8, 4) is 0 Å². The summed E-state index contributed by atoms with van der Waals surface area (Å²) in [6.07, 6.45) is -0.740. The van der Waals surface area contributed by atoms with Crippen molar-refractivity contribution < 1.29 is 64.3 Å². The average molecular weight is 235 g/mol. The summed E-state index contributed by atoms with van der Waals surface area (Å²) in [5.41, 5.74) is 0. The van der Waals surface area contributed by atoms with Gasteiger partial charge in [0.15, 0.2) is 0 Å². The van der Waals surface area contributed by atoms with Crippen LogP contribution in [0, 0.1) is 5.92 Å². The molecule has 0 aromatic heterocycles. The van der Waals surface area contributed by atoms with Crippen LogP contribution < -0.4 is 51.4 Å². The van der Waals surface area contributed by atoms with Crippen LogP contribution in [-0.4, -0.2) is 30.9 Å². The van der Waals surface area contributed by atoms with Crippen LogP contribution in [0.1, 0.15) is 27.7 Å². The Labute approximate surface area is 127 Å². The van der Waals surface area contributed by atoms with Crippen molar-refractivity contribution in [3.05, 3.63) is 0 Å². The maximum Gasteiger partial charge on any atom is 1.00 e. The van der Waals surface area contributed by atoms with Crippen LogP contribution in [-0.2, 0) is 0 Å². The molecule has 0 amide bonds. The van der Waals surface area contributed by atoms with Crippen LogP contribution in [0.5, 0.6) is 0 Å². The molecule has 0 spiro atoms. The average Bonchev–Trinajstić information content (AvgIpc) is 1.81. The molecule has 0 saturated carbocycles. The second-order valence-electron chi connectivity index (χ2n) is 4.15. The van der Waals surface area contributed by atoms with Crippen LogP contribution in [0.4, 0.5) is 12.9 Å². The van der Waals surface area contributed by atoms with Crippen LogP contribution in [0.3, 0.4) is 0 Å². The minimum Gasteiger partial charge on any atom is -0.448 e. The van der Waals surface area contributed by atoms with E-state index in [1.807, 2.05) is 13.8 Å². The fourth-order valence-corrected chi connectivity index (χ4v) is 1.23. The molecule has 0 unspecified atom stereocenters. The van der Waals surface area contributed by atoms with E-state index >= 15 is 0 Å². The fourth-order valence-electron chi connectivity index (χ4n) is 1.23. The summed E-state index contributed by atoms with van der Waals surface area (Å²) in [6.45, 7) is 3.28. The molecule has 80 valence electrons. The molecule has 14 heavy (non-hydrogen) atoms. The summed E-state index contributed by atoms with van der Waals surface area (Å²) in [7, 11) is 0. The SMILES string of the molecule is CC(C)CN(C[B-](F)(F)F)C(C)C.[K+]. The van der Waals surface area contributed by atoms with E-state index in [-0.39, 0.29) is 63.3 Å². The Balaban J connectivity index is 0. The van der Waals surface area contributed by atoms with E-state index in [4.69, 9.17) is 0 Å². The Hall–Kier alpha value is 1.45. The van der Waals surface area contributed by atoms with Crippen molar-refractivity contribution in [2.75, 3.05) is 13.0 Å². The van der Waals surface area contributed by atoms with Gasteiger partial charge in [0.05, 0.1) is 0 Å². The Morgan fingerprint density at radius 3 is 1.71 bits per heavy atom. The van der Waals surface area contributed by atoms with Crippen molar-refractivity contribution >= 4 is 6.98 Å². The second kappa shape index (κ2) is 7.68. The predicted octanol–water partition coefficient (Wildman–Crippen LogP) is -0.257. The van der Waals surface area contributed by atoms with E-state index < -0.39 is 13.4 Å². The normalized spacial score (nSPS) is 12.4. The smallest absolute Gasteiger partial charge is 0.448 e. The standard InChI is InChI=1S/C8H18BF3N.K/c1-7(2)5-13(8(3)4)6-9(10,11)12;/h7-8H,5-6H2,1-4H3;/q-1;+1. The van der Waals surface area contributed by atoms with Crippen molar-refractivity contribution in [2.45, 2.75) is 33.7 Å². The van der Waals surface area contributed by atoms with Crippen molar-refractivity contribution in [3.63, 3.8) is 0 Å². The molecule has 0 aromatic rings. The molecular weight excluding hydrogens is 217 g/mol. The Kier molecular flexibility index (Phi) is 9.78. The molecule has 6 heteroatoms. The van der Waals surface area contributed by atoms with Gasteiger partial charge < -0.3 is 17.8 Å². The van der Waals surface area contributed by atoms with Crippen molar-refractivity contribution in [1.29, 1.82) is 0 Å². The van der Waals surface area contributed by atoms with Gasteiger partial charge in [-0.05, 0) is 32.8 Å². The number of halogens is 3. The number of rotatable bonds is 5. The van der Waals surface area contributed by atoms with Gasteiger partial charge in [0.2, 0.25) is 0 Å². The van der Waals surface area contributed by atoms with Crippen LogP contribution in [0.2, 0.25) is 0 Å². The molecule has 0 aliphatic heterocycles. The van der Waals surface area contributed by atoms with Gasteiger partial charge in [0, 0.05) is 6.04 Å².